The molecular formula is C24H28N2O4. The van der Waals surface area contributed by atoms with Crippen molar-refractivity contribution in [3.8, 4) is 11.5 Å². The third kappa shape index (κ3) is 4.82. The average molecular weight is 408 g/mol. The number of aromatic nitrogens is 1. The van der Waals surface area contributed by atoms with Crippen LogP contribution >= 0.6 is 0 Å². The van der Waals surface area contributed by atoms with Gasteiger partial charge in [-0.3, -0.25) is 9.59 Å². The third-order valence-electron chi connectivity index (χ3n) is 4.75. The predicted molar refractivity (Wildman–Crippen MR) is 120 cm³/mol. The molecule has 0 radical (unpaired) electrons. The number of pyridine rings is 1. The van der Waals surface area contributed by atoms with E-state index in [-0.39, 0.29) is 23.3 Å². The van der Waals surface area contributed by atoms with Crippen molar-refractivity contribution in [1.82, 2.24) is 4.57 Å². The Morgan fingerprint density at radius 2 is 1.73 bits per heavy atom. The molecule has 0 unspecified atom stereocenters. The quantitative estimate of drug-likeness (QED) is 0.662. The molecule has 0 atom stereocenters. The third-order valence-corrected chi connectivity index (χ3v) is 4.75. The summed E-state index contributed by atoms with van der Waals surface area (Å²) in [5.41, 5.74) is 1.36. The minimum atomic E-state index is -0.173. The molecule has 30 heavy (non-hydrogen) atoms. The molecule has 0 spiro atoms. The largest absolute Gasteiger partial charge is 0.493 e. The number of hydrogen-bond acceptors (Lipinski definition) is 4. The summed E-state index contributed by atoms with van der Waals surface area (Å²) in [5.74, 6) is 1.02. The number of ether oxygens (including phenoxy) is 2. The number of nitrogens with one attached hydrogen (secondary N) is 1. The smallest absolute Gasteiger partial charge is 0.258 e. The van der Waals surface area contributed by atoms with Crippen LogP contribution in [0.4, 0.5) is 5.69 Å². The molecule has 1 heterocycles. The van der Waals surface area contributed by atoms with Crippen LogP contribution in [0.3, 0.4) is 0 Å². The molecule has 2 aromatic carbocycles. The lowest BCUT2D eigenvalue weighted by Gasteiger charge is -2.20. The molecule has 0 fully saturated rings. The van der Waals surface area contributed by atoms with Crippen molar-refractivity contribution in [2.75, 3.05) is 19.5 Å². The Hall–Kier alpha value is -3.28. The SMILES string of the molecule is COc1ccc(CC(=O)Nc2cccc3c(=O)n(CC(C)(C)C)ccc23)cc1OC. The van der Waals surface area contributed by atoms with Crippen LogP contribution in [-0.4, -0.2) is 24.7 Å². The Balaban J connectivity index is 1.84. The van der Waals surface area contributed by atoms with Crippen LogP contribution in [0.5, 0.6) is 11.5 Å². The Morgan fingerprint density at radius 3 is 2.40 bits per heavy atom. The van der Waals surface area contributed by atoms with Crippen LogP contribution in [0.25, 0.3) is 10.8 Å². The summed E-state index contributed by atoms with van der Waals surface area (Å²) in [6, 6.07) is 12.7. The van der Waals surface area contributed by atoms with Gasteiger partial charge in [-0.2, -0.15) is 0 Å². The first-order valence-electron chi connectivity index (χ1n) is 9.85. The Labute approximate surface area is 176 Å². The first kappa shape index (κ1) is 21.4. The summed E-state index contributed by atoms with van der Waals surface area (Å²) >= 11 is 0. The minimum absolute atomic E-state index is 0.0112. The summed E-state index contributed by atoms with van der Waals surface area (Å²) in [4.78, 5) is 25.5. The monoisotopic (exact) mass is 408 g/mol. The molecule has 6 nitrogen and oxygen atoms in total. The van der Waals surface area contributed by atoms with Crippen molar-refractivity contribution in [3.05, 3.63) is 64.6 Å². The topological polar surface area (TPSA) is 69.6 Å². The van der Waals surface area contributed by atoms with Crippen LogP contribution in [0.1, 0.15) is 26.3 Å². The number of fused-ring (bicyclic) bond motifs is 1. The second-order valence-corrected chi connectivity index (χ2v) is 8.49. The number of nitrogens with zero attached hydrogens (tertiary/aromatic N) is 1. The normalized spacial score (nSPS) is 11.4. The van der Waals surface area contributed by atoms with Crippen LogP contribution in [0.2, 0.25) is 0 Å². The maximum atomic E-state index is 12.9. The van der Waals surface area contributed by atoms with E-state index in [1.54, 1.807) is 49.2 Å². The van der Waals surface area contributed by atoms with Crippen molar-refractivity contribution in [1.29, 1.82) is 0 Å². The number of hydrogen-bond donors (Lipinski definition) is 1. The van der Waals surface area contributed by atoms with E-state index in [2.05, 4.69) is 26.1 Å². The van der Waals surface area contributed by atoms with Gasteiger partial charge in [-0.05, 0) is 41.3 Å². The number of methoxy groups -OCH3 is 2. The molecule has 0 saturated heterocycles. The van der Waals surface area contributed by atoms with E-state index in [1.165, 1.54) is 0 Å². The number of rotatable bonds is 6. The molecule has 0 saturated carbocycles. The molecule has 1 amide bonds. The van der Waals surface area contributed by atoms with Gasteiger partial charge in [0.05, 0.1) is 20.6 Å². The van der Waals surface area contributed by atoms with Crippen LogP contribution in [0.15, 0.2) is 53.5 Å². The van der Waals surface area contributed by atoms with Crippen molar-refractivity contribution in [2.24, 2.45) is 5.41 Å². The van der Waals surface area contributed by atoms with Crippen LogP contribution in [-0.2, 0) is 17.8 Å². The van der Waals surface area contributed by atoms with Gasteiger partial charge in [0.1, 0.15) is 0 Å². The van der Waals surface area contributed by atoms with E-state index in [1.807, 2.05) is 18.2 Å². The molecule has 1 aromatic heterocycles. The Bertz CT molecular complexity index is 1130. The van der Waals surface area contributed by atoms with Gasteiger partial charge in [0, 0.05) is 29.2 Å². The second-order valence-electron chi connectivity index (χ2n) is 8.49. The maximum absolute atomic E-state index is 12.9. The number of carbonyl (C=O) groups is 1. The molecule has 6 heteroatoms. The minimum Gasteiger partial charge on any atom is -0.493 e. The summed E-state index contributed by atoms with van der Waals surface area (Å²) in [6.45, 7) is 6.90. The van der Waals surface area contributed by atoms with E-state index >= 15 is 0 Å². The van der Waals surface area contributed by atoms with Gasteiger partial charge in [-0.1, -0.05) is 32.9 Å². The summed E-state index contributed by atoms with van der Waals surface area (Å²) in [6.07, 6.45) is 1.97. The fourth-order valence-electron chi connectivity index (χ4n) is 3.43. The Morgan fingerprint density at radius 1 is 1.00 bits per heavy atom. The lowest BCUT2D eigenvalue weighted by atomic mass is 9.96. The standard InChI is InChI=1S/C24H28N2O4/c1-24(2,3)15-26-12-11-17-18(23(26)28)7-6-8-19(17)25-22(27)14-16-9-10-20(29-4)21(13-16)30-5/h6-13H,14-15H2,1-5H3,(H,25,27). The van der Waals surface area contributed by atoms with Crippen molar-refractivity contribution >= 4 is 22.4 Å². The molecule has 1 N–H and O–H groups in total. The van der Waals surface area contributed by atoms with Gasteiger partial charge in [-0.15, -0.1) is 0 Å². The first-order chi connectivity index (χ1) is 14.2. The van der Waals surface area contributed by atoms with E-state index in [9.17, 15) is 9.59 Å². The fraction of sp³-hybridized carbons (Fsp3) is 0.333. The fourth-order valence-corrected chi connectivity index (χ4v) is 3.43. The molecule has 0 bridgehead atoms. The van der Waals surface area contributed by atoms with E-state index < -0.39 is 0 Å². The van der Waals surface area contributed by atoms with E-state index in [4.69, 9.17) is 9.47 Å². The molecule has 3 aromatic rings. The molecule has 158 valence electrons. The number of anilines is 1. The zero-order chi connectivity index (χ0) is 21.9. The molecule has 3 rings (SSSR count). The molecule has 0 aliphatic rings. The first-order valence-corrected chi connectivity index (χ1v) is 9.85. The van der Waals surface area contributed by atoms with Gasteiger partial charge < -0.3 is 19.4 Å². The lowest BCUT2D eigenvalue weighted by molar-refractivity contribution is -0.115. The number of amides is 1. The highest BCUT2D eigenvalue weighted by molar-refractivity contribution is 6.02. The summed E-state index contributed by atoms with van der Waals surface area (Å²) in [7, 11) is 3.13. The molecule has 0 aliphatic carbocycles. The van der Waals surface area contributed by atoms with E-state index in [0.29, 0.717) is 29.1 Å². The highest BCUT2D eigenvalue weighted by Crippen LogP contribution is 2.28. The highest BCUT2D eigenvalue weighted by atomic mass is 16.5. The van der Waals surface area contributed by atoms with Gasteiger partial charge in [-0.25, -0.2) is 0 Å². The van der Waals surface area contributed by atoms with Gasteiger partial charge in [0.15, 0.2) is 11.5 Å². The second kappa shape index (κ2) is 8.61. The summed E-state index contributed by atoms with van der Waals surface area (Å²) < 4.78 is 12.3. The maximum Gasteiger partial charge on any atom is 0.258 e. The highest BCUT2D eigenvalue weighted by Gasteiger charge is 2.15. The van der Waals surface area contributed by atoms with Crippen molar-refractivity contribution in [3.63, 3.8) is 0 Å². The van der Waals surface area contributed by atoms with Gasteiger partial charge in [0.25, 0.3) is 5.56 Å². The summed E-state index contributed by atoms with van der Waals surface area (Å²) in [5, 5.41) is 4.25. The average Bonchev–Trinajstić information content (AvgIpc) is 2.69. The van der Waals surface area contributed by atoms with E-state index in [0.717, 1.165) is 10.9 Å². The molecular weight excluding hydrogens is 380 g/mol. The van der Waals surface area contributed by atoms with Crippen LogP contribution in [0, 0.1) is 5.41 Å². The zero-order valence-corrected chi connectivity index (χ0v) is 18.1. The van der Waals surface area contributed by atoms with Crippen molar-refractivity contribution in [2.45, 2.75) is 33.7 Å². The zero-order valence-electron chi connectivity index (χ0n) is 18.1. The van der Waals surface area contributed by atoms with Gasteiger partial charge in [0.2, 0.25) is 5.91 Å². The van der Waals surface area contributed by atoms with Gasteiger partial charge >= 0.3 is 0 Å². The van der Waals surface area contributed by atoms with Crippen molar-refractivity contribution < 1.29 is 14.3 Å². The van der Waals surface area contributed by atoms with Crippen LogP contribution < -0.4 is 20.3 Å². The number of benzene rings is 2. The Kier molecular flexibility index (Phi) is 6.15. The lowest BCUT2D eigenvalue weighted by Crippen LogP contribution is -2.26. The number of carbonyl (C=O) groups excluding carboxylic acids is 1. The predicted octanol–water partition coefficient (Wildman–Crippen LogP) is 4.25. The molecule has 0 aliphatic heterocycles.